The molecule has 0 spiro atoms. The summed E-state index contributed by atoms with van der Waals surface area (Å²) in [6.07, 6.45) is 4.91. The van der Waals surface area contributed by atoms with Gasteiger partial charge in [0.1, 0.15) is 0 Å². The van der Waals surface area contributed by atoms with Crippen molar-refractivity contribution in [2.75, 3.05) is 0 Å². The molecule has 1 heteroatoms. The van der Waals surface area contributed by atoms with Gasteiger partial charge in [-0.25, -0.2) is 0 Å². The molecule has 1 aromatic rings. The minimum absolute atomic E-state index is 1.24. The van der Waals surface area contributed by atoms with E-state index in [1.54, 1.807) is 5.69 Å². The van der Waals surface area contributed by atoms with Gasteiger partial charge < -0.3 is 4.57 Å². The molecule has 0 atom stereocenters. The van der Waals surface area contributed by atoms with Crippen molar-refractivity contribution in [1.82, 2.24) is 4.57 Å². The Bertz CT molecular complexity index is 258. The van der Waals surface area contributed by atoms with Gasteiger partial charge in [0.05, 0.1) is 0 Å². The van der Waals surface area contributed by atoms with E-state index in [1.807, 2.05) is 13.8 Å². The lowest BCUT2D eigenvalue weighted by atomic mass is 10.1. The summed E-state index contributed by atoms with van der Waals surface area (Å²) in [4.78, 5) is 0. The Morgan fingerprint density at radius 3 is 2.50 bits per heavy atom. The average molecular weight is 165 g/mol. The highest BCUT2D eigenvalue weighted by atomic mass is 15.0. The summed E-state index contributed by atoms with van der Waals surface area (Å²) in [5.74, 6) is 0. The number of aryl methyl sites for hydroxylation is 2. The standard InChI is InChI=1S/C9H13N.C2H6/c1-7-6-10-5-3-4-9(10)8(7)2;1-2/h6H,3-5H2,1-2H3;1-2H3. The van der Waals surface area contributed by atoms with Crippen molar-refractivity contribution in [2.45, 2.75) is 47.1 Å². The summed E-state index contributed by atoms with van der Waals surface area (Å²) < 4.78 is 2.39. The first-order chi connectivity index (χ1) is 5.79. The molecule has 68 valence electrons. The smallest absolute Gasteiger partial charge is 0.0226 e. The monoisotopic (exact) mass is 165 g/mol. The second kappa shape index (κ2) is 3.79. The van der Waals surface area contributed by atoms with Crippen LogP contribution >= 0.6 is 0 Å². The van der Waals surface area contributed by atoms with Crippen molar-refractivity contribution in [3.05, 3.63) is 23.0 Å². The predicted molar refractivity (Wildman–Crippen MR) is 53.6 cm³/mol. The van der Waals surface area contributed by atoms with E-state index in [9.17, 15) is 0 Å². The van der Waals surface area contributed by atoms with Crippen LogP contribution in [-0.4, -0.2) is 4.57 Å². The molecule has 0 radical (unpaired) electrons. The van der Waals surface area contributed by atoms with Crippen LogP contribution in [0, 0.1) is 13.8 Å². The third-order valence-electron chi connectivity index (χ3n) is 2.53. The van der Waals surface area contributed by atoms with Crippen molar-refractivity contribution >= 4 is 0 Å². The van der Waals surface area contributed by atoms with Crippen LogP contribution in [0.25, 0.3) is 0 Å². The molecule has 0 fully saturated rings. The Balaban J connectivity index is 0.000000336. The second-order valence-electron chi connectivity index (χ2n) is 3.18. The third-order valence-corrected chi connectivity index (χ3v) is 2.53. The van der Waals surface area contributed by atoms with E-state index < -0.39 is 0 Å². The van der Waals surface area contributed by atoms with Gasteiger partial charge in [0.15, 0.2) is 0 Å². The van der Waals surface area contributed by atoms with E-state index >= 15 is 0 Å². The lowest BCUT2D eigenvalue weighted by Crippen LogP contribution is -1.87. The fourth-order valence-electron chi connectivity index (χ4n) is 1.80. The van der Waals surface area contributed by atoms with Crippen LogP contribution in [-0.2, 0) is 13.0 Å². The van der Waals surface area contributed by atoms with E-state index in [0.717, 1.165) is 0 Å². The van der Waals surface area contributed by atoms with Crippen LogP contribution < -0.4 is 0 Å². The third kappa shape index (κ3) is 1.40. The summed E-state index contributed by atoms with van der Waals surface area (Å²) in [6, 6.07) is 0. The fourth-order valence-corrected chi connectivity index (χ4v) is 1.80. The Labute approximate surface area is 75.4 Å². The zero-order valence-corrected chi connectivity index (χ0v) is 8.65. The lowest BCUT2D eigenvalue weighted by molar-refractivity contribution is 0.748. The molecule has 0 aromatic carbocycles. The van der Waals surface area contributed by atoms with E-state index in [4.69, 9.17) is 0 Å². The predicted octanol–water partition coefficient (Wildman–Crippen LogP) is 3.08. The minimum atomic E-state index is 1.24. The Morgan fingerprint density at radius 1 is 1.25 bits per heavy atom. The molecule has 1 aliphatic rings. The minimum Gasteiger partial charge on any atom is -0.351 e. The number of nitrogens with zero attached hydrogens (tertiary/aromatic N) is 1. The zero-order valence-electron chi connectivity index (χ0n) is 8.65. The Kier molecular flexibility index (Phi) is 2.96. The number of hydrogen-bond donors (Lipinski definition) is 0. The highest BCUT2D eigenvalue weighted by Crippen LogP contribution is 2.22. The lowest BCUT2D eigenvalue weighted by Gasteiger charge is -1.93. The van der Waals surface area contributed by atoms with Crippen LogP contribution in [0.5, 0.6) is 0 Å². The van der Waals surface area contributed by atoms with Crippen LogP contribution in [0.3, 0.4) is 0 Å². The summed E-state index contributed by atoms with van der Waals surface area (Å²) in [7, 11) is 0. The van der Waals surface area contributed by atoms with Gasteiger partial charge in [-0.2, -0.15) is 0 Å². The summed E-state index contributed by atoms with van der Waals surface area (Å²) in [6.45, 7) is 9.66. The highest BCUT2D eigenvalue weighted by Gasteiger charge is 2.13. The highest BCUT2D eigenvalue weighted by molar-refractivity contribution is 5.31. The molecular weight excluding hydrogens is 146 g/mol. The van der Waals surface area contributed by atoms with E-state index in [1.165, 1.54) is 30.5 Å². The fraction of sp³-hybridized carbons (Fsp3) is 0.636. The van der Waals surface area contributed by atoms with E-state index in [2.05, 4.69) is 24.6 Å². The first-order valence-electron chi connectivity index (χ1n) is 4.94. The molecule has 0 unspecified atom stereocenters. The van der Waals surface area contributed by atoms with Crippen LogP contribution in [0.15, 0.2) is 6.20 Å². The molecule has 0 saturated carbocycles. The maximum atomic E-state index is 2.39. The van der Waals surface area contributed by atoms with Crippen molar-refractivity contribution in [2.24, 2.45) is 0 Å². The molecule has 0 bridgehead atoms. The Hall–Kier alpha value is -0.720. The molecule has 1 aromatic heterocycles. The maximum absolute atomic E-state index is 2.39. The quantitative estimate of drug-likeness (QED) is 0.556. The van der Waals surface area contributed by atoms with Gasteiger partial charge in [0, 0.05) is 18.4 Å². The van der Waals surface area contributed by atoms with Crippen LogP contribution in [0.1, 0.15) is 37.1 Å². The molecular formula is C11H19N. The average Bonchev–Trinajstić information content (AvgIpc) is 2.62. The van der Waals surface area contributed by atoms with Gasteiger partial charge in [-0.05, 0) is 37.8 Å². The summed E-state index contributed by atoms with van der Waals surface area (Å²) >= 11 is 0. The second-order valence-corrected chi connectivity index (χ2v) is 3.18. The van der Waals surface area contributed by atoms with Crippen molar-refractivity contribution in [3.8, 4) is 0 Å². The van der Waals surface area contributed by atoms with E-state index in [-0.39, 0.29) is 0 Å². The molecule has 0 amide bonds. The SMILES string of the molecule is CC.Cc1cn2c(c1C)CCC2. The molecule has 1 nitrogen and oxygen atoms in total. The molecule has 2 heterocycles. The normalized spacial score (nSPS) is 13.7. The summed E-state index contributed by atoms with van der Waals surface area (Å²) in [5.41, 5.74) is 4.53. The van der Waals surface area contributed by atoms with Gasteiger partial charge in [-0.3, -0.25) is 0 Å². The first-order valence-corrected chi connectivity index (χ1v) is 4.94. The Morgan fingerprint density at radius 2 is 1.92 bits per heavy atom. The van der Waals surface area contributed by atoms with Crippen molar-refractivity contribution in [1.29, 1.82) is 0 Å². The zero-order chi connectivity index (χ0) is 9.14. The van der Waals surface area contributed by atoms with Crippen molar-refractivity contribution < 1.29 is 0 Å². The molecule has 0 N–H and O–H groups in total. The molecule has 2 rings (SSSR count). The molecule has 12 heavy (non-hydrogen) atoms. The van der Waals surface area contributed by atoms with Gasteiger partial charge in [-0.15, -0.1) is 0 Å². The number of rotatable bonds is 0. The van der Waals surface area contributed by atoms with Gasteiger partial charge >= 0.3 is 0 Å². The van der Waals surface area contributed by atoms with Crippen molar-refractivity contribution in [3.63, 3.8) is 0 Å². The van der Waals surface area contributed by atoms with Gasteiger partial charge in [0.25, 0.3) is 0 Å². The molecule has 1 aliphatic heterocycles. The van der Waals surface area contributed by atoms with Gasteiger partial charge in [-0.1, -0.05) is 13.8 Å². The topological polar surface area (TPSA) is 4.93 Å². The molecule has 0 saturated heterocycles. The number of fused-ring (bicyclic) bond motifs is 1. The van der Waals surface area contributed by atoms with Crippen LogP contribution in [0.2, 0.25) is 0 Å². The van der Waals surface area contributed by atoms with E-state index in [0.29, 0.717) is 0 Å². The summed E-state index contributed by atoms with van der Waals surface area (Å²) in [5, 5.41) is 0. The largest absolute Gasteiger partial charge is 0.351 e. The van der Waals surface area contributed by atoms with Gasteiger partial charge in [0.2, 0.25) is 0 Å². The molecule has 0 aliphatic carbocycles. The number of aromatic nitrogens is 1. The van der Waals surface area contributed by atoms with Crippen LogP contribution in [0.4, 0.5) is 0 Å². The number of hydrogen-bond acceptors (Lipinski definition) is 0. The maximum Gasteiger partial charge on any atom is 0.0226 e. The first kappa shape index (κ1) is 9.37.